The van der Waals surface area contributed by atoms with Crippen molar-refractivity contribution in [1.82, 2.24) is 24.4 Å². The summed E-state index contributed by atoms with van der Waals surface area (Å²) in [6.45, 7) is 4.54. The van der Waals surface area contributed by atoms with E-state index in [1.54, 1.807) is 6.33 Å². The Balaban J connectivity index is 1.53. The summed E-state index contributed by atoms with van der Waals surface area (Å²) >= 11 is 0. The smallest absolute Gasteiger partial charge is 0.225 e. The Bertz CT molecular complexity index is 800. The summed E-state index contributed by atoms with van der Waals surface area (Å²) in [5.41, 5.74) is 1.59. The van der Waals surface area contributed by atoms with Crippen LogP contribution in [0.25, 0.3) is 11.2 Å². The number of hydrogen-bond acceptors (Lipinski definition) is 6. The van der Waals surface area contributed by atoms with Gasteiger partial charge in [-0.1, -0.05) is 0 Å². The fourth-order valence-corrected chi connectivity index (χ4v) is 3.71. The van der Waals surface area contributed by atoms with Gasteiger partial charge in [-0.2, -0.15) is 0 Å². The van der Waals surface area contributed by atoms with Crippen LogP contribution in [0.15, 0.2) is 6.33 Å². The Kier molecular flexibility index (Phi) is 4.76. The third-order valence-corrected chi connectivity index (χ3v) is 5.25. The monoisotopic (exact) mass is 358 g/mol. The molecule has 0 bridgehead atoms. The van der Waals surface area contributed by atoms with Crippen molar-refractivity contribution in [3.05, 3.63) is 12.2 Å². The number of carbonyl (C=O) groups excluding carboxylic acids is 1. The number of likely N-dealkylation sites (tertiary alicyclic amines) is 1. The van der Waals surface area contributed by atoms with Crippen LogP contribution in [0.3, 0.4) is 0 Å². The molecule has 3 heterocycles. The highest BCUT2D eigenvalue weighted by Gasteiger charge is 2.36. The number of anilines is 1. The first-order valence-electron chi connectivity index (χ1n) is 9.57. The Morgan fingerprint density at radius 2 is 2.19 bits per heavy atom. The van der Waals surface area contributed by atoms with Crippen LogP contribution in [-0.2, 0) is 17.8 Å². The largest absolute Gasteiger partial charge is 0.396 e. The van der Waals surface area contributed by atoms with Gasteiger partial charge in [0.2, 0.25) is 5.91 Å². The quantitative estimate of drug-likeness (QED) is 0.772. The van der Waals surface area contributed by atoms with Crippen LogP contribution in [-0.4, -0.2) is 61.2 Å². The van der Waals surface area contributed by atoms with Crippen molar-refractivity contribution in [3.8, 4) is 0 Å². The molecule has 1 saturated carbocycles. The molecule has 2 aromatic heterocycles. The van der Waals surface area contributed by atoms with Gasteiger partial charge in [0.15, 0.2) is 17.0 Å². The number of hydrogen-bond donors (Lipinski definition) is 2. The van der Waals surface area contributed by atoms with Gasteiger partial charge in [0.25, 0.3) is 0 Å². The summed E-state index contributed by atoms with van der Waals surface area (Å²) in [6, 6.07) is 0.198. The molecule has 2 aromatic rings. The number of aromatic nitrogens is 4. The van der Waals surface area contributed by atoms with E-state index in [2.05, 4.69) is 26.8 Å². The summed E-state index contributed by atoms with van der Waals surface area (Å²) in [4.78, 5) is 27.8. The second-order valence-corrected chi connectivity index (χ2v) is 7.18. The zero-order valence-corrected chi connectivity index (χ0v) is 15.2. The van der Waals surface area contributed by atoms with Crippen LogP contribution in [0, 0.1) is 5.92 Å². The molecule has 0 spiro atoms. The van der Waals surface area contributed by atoms with E-state index in [1.165, 1.54) is 0 Å². The molecular weight excluding hydrogens is 332 g/mol. The van der Waals surface area contributed by atoms with E-state index in [9.17, 15) is 4.79 Å². The van der Waals surface area contributed by atoms with Gasteiger partial charge in [-0.05, 0) is 32.6 Å². The van der Waals surface area contributed by atoms with Crippen LogP contribution in [0.2, 0.25) is 0 Å². The number of fused-ring (bicyclic) bond motifs is 1. The van der Waals surface area contributed by atoms with Crippen LogP contribution in [0.1, 0.15) is 38.4 Å². The van der Waals surface area contributed by atoms with Gasteiger partial charge in [-0.15, -0.1) is 0 Å². The van der Waals surface area contributed by atoms with E-state index in [0.717, 1.165) is 61.7 Å². The average Bonchev–Trinajstić information content (AvgIpc) is 3.29. The molecule has 26 heavy (non-hydrogen) atoms. The molecule has 1 saturated heterocycles. The first-order valence-corrected chi connectivity index (χ1v) is 9.57. The molecule has 8 heteroatoms. The minimum absolute atomic E-state index is 0.149. The third-order valence-electron chi connectivity index (χ3n) is 5.25. The molecule has 4 rings (SSSR count). The minimum Gasteiger partial charge on any atom is -0.396 e. The number of aliphatic hydroxyl groups excluding tert-OH is 1. The third kappa shape index (κ3) is 3.25. The summed E-state index contributed by atoms with van der Waals surface area (Å²) in [5, 5.41) is 12.6. The molecule has 8 nitrogen and oxygen atoms in total. The lowest BCUT2D eigenvalue weighted by atomic mass is 10.2. The number of carbonyl (C=O) groups is 1. The highest BCUT2D eigenvalue weighted by atomic mass is 16.3. The van der Waals surface area contributed by atoms with Gasteiger partial charge in [-0.3, -0.25) is 4.79 Å². The number of aliphatic hydroxyl groups is 1. The van der Waals surface area contributed by atoms with E-state index in [1.807, 2.05) is 4.90 Å². The zero-order chi connectivity index (χ0) is 18.1. The standard InChI is InChI=1S/C18H26N6O2/c1-2-24-14(4-3-9-25)22-15-16(19-11-20-17(15)24)21-13-7-8-23(10-13)18(26)12-5-6-12/h11-13,25H,2-10H2,1H3,(H,19,20,21)/t13-/m0/s1. The van der Waals surface area contributed by atoms with E-state index >= 15 is 0 Å². The van der Waals surface area contributed by atoms with Crippen molar-refractivity contribution in [3.63, 3.8) is 0 Å². The van der Waals surface area contributed by atoms with Crippen LogP contribution < -0.4 is 5.32 Å². The minimum atomic E-state index is 0.149. The van der Waals surface area contributed by atoms with Crippen LogP contribution in [0.5, 0.6) is 0 Å². The fourth-order valence-electron chi connectivity index (χ4n) is 3.71. The first kappa shape index (κ1) is 17.2. The normalized spacial score (nSPS) is 20.1. The number of aryl methyl sites for hydroxylation is 2. The summed E-state index contributed by atoms with van der Waals surface area (Å²) in [5.74, 6) is 2.24. The van der Waals surface area contributed by atoms with E-state index in [4.69, 9.17) is 10.1 Å². The second kappa shape index (κ2) is 7.19. The van der Waals surface area contributed by atoms with Gasteiger partial charge in [-0.25, -0.2) is 15.0 Å². The van der Waals surface area contributed by atoms with Crippen LogP contribution >= 0.6 is 0 Å². The number of imidazole rings is 1. The molecule has 1 aliphatic heterocycles. The lowest BCUT2D eigenvalue weighted by molar-refractivity contribution is -0.131. The van der Waals surface area contributed by atoms with Gasteiger partial charge in [0.05, 0.1) is 0 Å². The maximum absolute atomic E-state index is 12.2. The van der Waals surface area contributed by atoms with Crippen molar-refractivity contribution in [2.24, 2.45) is 5.92 Å². The molecule has 2 N–H and O–H groups in total. The number of amides is 1. The SMILES string of the molecule is CCn1c(CCCO)nc2c(N[C@H]3CCN(C(=O)C4CC4)C3)ncnc21. The molecule has 0 unspecified atom stereocenters. The highest BCUT2D eigenvalue weighted by molar-refractivity contribution is 5.84. The van der Waals surface area contributed by atoms with Crippen molar-refractivity contribution >= 4 is 22.9 Å². The Labute approximate surface area is 152 Å². The predicted octanol–water partition coefficient (Wildman–Crippen LogP) is 1.19. The van der Waals surface area contributed by atoms with Gasteiger partial charge >= 0.3 is 0 Å². The summed E-state index contributed by atoms with van der Waals surface area (Å²) in [7, 11) is 0. The number of nitrogens with one attached hydrogen (secondary N) is 1. The maximum atomic E-state index is 12.2. The fraction of sp³-hybridized carbons (Fsp3) is 0.667. The summed E-state index contributed by atoms with van der Waals surface area (Å²) in [6.07, 6.45) is 5.98. The van der Waals surface area contributed by atoms with Crippen molar-refractivity contribution in [1.29, 1.82) is 0 Å². The van der Waals surface area contributed by atoms with Gasteiger partial charge in [0, 0.05) is 44.6 Å². The molecule has 0 radical (unpaired) electrons. The number of rotatable bonds is 7. The topological polar surface area (TPSA) is 96.2 Å². The molecule has 140 valence electrons. The molecular formula is C18H26N6O2. The lowest BCUT2D eigenvalue weighted by Gasteiger charge is -2.17. The maximum Gasteiger partial charge on any atom is 0.225 e. The molecule has 2 fully saturated rings. The number of nitrogens with zero attached hydrogens (tertiary/aromatic N) is 5. The van der Waals surface area contributed by atoms with E-state index in [-0.39, 0.29) is 18.6 Å². The summed E-state index contributed by atoms with van der Waals surface area (Å²) < 4.78 is 2.08. The van der Waals surface area contributed by atoms with E-state index < -0.39 is 0 Å². The molecule has 1 atom stereocenters. The molecule has 1 aliphatic carbocycles. The van der Waals surface area contributed by atoms with Gasteiger partial charge < -0.3 is 19.9 Å². The Morgan fingerprint density at radius 3 is 2.92 bits per heavy atom. The van der Waals surface area contributed by atoms with Crippen molar-refractivity contribution < 1.29 is 9.90 Å². The molecule has 2 aliphatic rings. The molecule has 1 amide bonds. The Hall–Kier alpha value is -2.22. The highest BCUT2D eigenvalue weighted by Crippen LogP contribution is 2.32. The first-order chi connectivity index (χ1) is 12.7. The molecule has 0 aromatic carbocycles. The zero-order valence-electron chi connectivity index (χ0n) is 15.2. The average molecular weight is 358 g/mol. The van der Waals surface area contributed by atoms with Crippen molar-refractivity contribution in [2.75, 3.05) is 25.0 Å². The second-order valence-electron chi connectivity index (χ2n) is 7.18. The van der Waals surface area contributed by atoms with Crippen molar-refractivity contribution in [2.45, 2.75) is 51.6 Å². The Morgan fingerprint density at radius 1 is 1.35 bits per heavy atom. The van der Waals surface area contributed by atoms with E-state index in [0.29, 0.717) is 18.7 Å². The predicted molar refractivity (Wildman–Crippen MR) is 97.7 cm³/mol. The van der Waals surface area contributed by atoms with Crippen LogP contribution in [0.4, 0.5) is 5.82 Å². The lowest BCUT2D eigenvalue weighted by Crippen LogP contribution is -2.32. The van der Waals surface area contributed by atoms with Gasteiger partial charge in [0.1, 0.15) is 12.2 Å².